The van der Waals surface area contributed by atoms with Crippen LogP contribution in [0.15, 0.2) is 48.5 Å². The summed E-state index contributed by atoms with van der Waals surface area (Å²) in [7, 11) is 0. The molecular formula is C19H21N3O3. The van der Waals surface area contributed by atoms with Gasteiger partial charge in [0, 0.05) is 24.8 Å². The molecule has 0 atom stereocenters. The zero-order valence-electron chi connectivity index (χ0n) is 14.3. The number of hydrogen-bond acceptors (Lipinski definition) is 3. The molecule has 6 nitrogen and oxygen atoms in total. The topological polar surface area (TPSA) is 87.3 Å². The fraction of sp³-hybridized carbons (Fsp3) is 0.211. The van der Waals surface area contributed by atoms with Crippen molar-refractivity contribution >= 4 is 29.1 Å². The van der Waals surface area contributed by atoms with Gasteiger partial charge in [-0.1, -0.05) is 35.9 Å². The first-order valence-electron chi connectivity index (χ1n) is 7.92. The molecule has 0 aliphatic heterocycles. The predicted octanol–water partition coefficient (Wildman–Crippen LogP) is 2.60. The van der Waals surface area contributed by atoms with Crippen molar-refractivity contribution in [3.63, 3.8) is 0 Å². The first-order valence-corrected chi connectivity index (χ1v) is 7.92. The third-order valence-electron chi connectivity index (χ3n) is 3.40. The Bertz CT molecular complexity index is 770. The van der Waals surface area contributed by atoms with Crippen molar-refractivity contribution in [3.8, 4) is 0 Å². The largest absolute Gasteiger partial charge is 0.352 e. The summed E-state index contributed by atoms with van der Waals surface area (Å²) in [5.74, 6) is -0.962. The number of anilines is 2. The van der Waals surface area contributed by atoms with Gasteiger partial charge in [0.25, 0.3) is 0 Å². The molecule has 3 amide bonds. The summed E-state index contributed by atoms with van der Waals surface area (Å²) in [4.78, 5) is 34.9. The Labute approximate surface area is 146 Å². The second kappa shape index (κ2) is 8.63. The van der Waals surface area contributed by atoms with Gasteiger partial charge in [-0.3, -0.25) is 14.4 Å². The molecule has 2 rings (SSSR count). The minimum atomic E-state index is -0.415. The van der Waals surface area contributed by atoms with Crippen molar-refractivity contribution in [1.82, 2.24) is 5.32 Å². The summed E-state index contributed by atoms with van der Waals surface area (Å²) in [6.07, 6.45) is -0.268. The third-order valence-corrected chi connectivity index (χ3v) is 3.40. The van der Waals surface area contributed by atoms with Gasteiger partial charge < -0.3 is 16.0 Å². The predicted molar refractivity (Wildman–Crippen MR) is 97.0 cm³/mol. The van der Waals surface area contributed by atoms with E-state index in [2.05, 4.69) is 16.0 Å². The van der Waals surface area contributed by atoms with Crippen LogP contribution in [0.1, 0.15) is 24.5 Å². The molecule has 2 aromatic carbocycles. The van der Waals surface area contributed by atoms with E-state index in [0.29, 0.717) is 17.9 Å². The van der Waals surface area contributed by atoms with Crippen molar-refractivity contribution in [2.75, 3.05) is 10.6 Å². The SMILES string of the molecule is CC(=O)Nc1cccc(NC(=O)CC(=O)NCc2ccc(C)cc2)c1. The summed E-state index contributed by atoms with van der Waals surface area (Å²) in [6.45, 7) is 3.78. The van der Waals surface area contributed by atoms with Crippen molar-refractivity contribution in [2.45, 2.75) is 26.8 Å². The van der Waals surface area contributed by atoms with E-state index in [-0.39, 0.29) is 18.2 Å². The van der Waals surface area contributed by atoms with E-state index in [1.165, 1.54) is 6.92 Å². The fourth-order valence-corrected chi connectivity index (χ4v) is 2.20. The van der Waals surface area contributed by atoms with Crippen LogP contribution in [0.3, 0.4) is 0 Å². The molecule has 0 saturated heterocycles. The van der Waals surface area contributed by atoms with Gasteiger partial charge in [0.1, 0.15) is 6.42 Å². The maximum absolute atomic E-state index is 12.0. The number of carbonyl (C=O) groups is 3. The lowest BCUT2D eigenvalue weighted by molar-refractivity contribution is -0.127. The van der Waals surface area contributed by atoms with E-state index in [4.69, 9.17) is 0 Å². The first kappa shape index (κ1) is 18.2. The molecule has 0 fully saturated rings. The quantitative estimate of drug-likeness (QED) is 0.707. The standard InChI is InChI=1S/C19H21N3O3/c1-13-6-8-15(9-7-13)12-20-18(24)11-19(25)22-17-5-3-4-16(10-17)21-14(2)23/h3-10H,11-12H2,1-2H3,(H,20,24)(H,21,23)(H,22,25). The first-order chi connectivity index (χ1) is 11.9. The molecule has 0 bridgehead atoms. The molecule has 0 spiro atoms. The Morgan fingerprint density at radius 1 is 0.880 bits per heavy atom. The number of hydrogen-bond donors (Lipinski definition) is 3. The third kappa shape index (κ3) is 6.47. The smallest absolute Gasteiger partial charge is 0.233 e. The lowest BCUT2D eigenvalue weighted by atomic mass is 10.1. The minimum Gasteiger partial charge on any atom is -0.352 e. The normalized spacial score (nSPS) is 10.0. The van der Waals surface area contributed by atoms with Crippen LogP contribution in [-0.4, -0.2) is 17.7 Å². The number of nitrogens with one attached hydrogen (secondary N) is 3. The van der Waals surface area contributed by atoms with E-state index in [0.717, 1.165) is 11.1 Å². The highest BCUT2D eigenvalue weighted by Crippen LogP contribution is 2.15. The van der Waals surface area contributed by atoms with Crippen LogP contribution in [-0.2, 0) is 20.9 Å². The molecule has 0 radical (unpaired) electrons. The Morgan fingerprint density at radius 2 is 1.52 bits per heavy atom. The molecule has 6 heteroatoms. The number of benzene rings is 2. The maximum atomic E-state index is 12.0. The van der Waals surface area contributed by atoms with Gasteiger partial charge in [-0.15, -0.1) is 0 Å². The minimum absolute atomic E-state index is 0.195. The van der Waals surface area contributed by atoms with E-state index >= 15 is 0 Å². The van der Waals surface area contributed by atoms with Crippen LogP contribution in [0, 0.1) is 6.92 Å². The van der Waals surface area contributed by atoms with Crippen LogP contribution in [0.5, 0.6) is 0 Å². The highest BCUT2D eigenvalue weighted by Gasteiger charge is 2.10. The van der Waals surface area contributed by atoms with E-state index < -0.39 is 5.91 Å². The Morgan fingerprint density at radius 3 is 2.16 bits per heavy atom. The van der Waals surface area contributed by atoms with Crippen molar-refractivity contribution in [3.05, 3.63) is 59.7 Å². The molecule has 0 saturated carbocycles. The monoisotopic (exact) mass is 339 g/mol. The zero-order chi connectivity index (χ0) is 18.2. The van der Waals surface area contributed by atoms with Gasteiger partial charge in [0.2, 0.25) is 17.7 Å². The molecule has 0 aliphatic rings. The van der Waals surface area contributed by atoms with E-state index in [1.807, 2.05) is 31.2 Å². The fourth-order valence-electron chi connectivity index (χ4n) is 2.20. The molecule has 130 valence electrons. The second-order valence-corrected chi connectivity index (χ2v) is 5.75. The number of rotatable bonds is 6. The number of aryl methyl sites for hydroxylation is 1. The van der Waals surface area contributed by atoms with Gasteiger partial charge in [-0.2, -0.15) is 0 Å². The van der Waals surface area contributed by atoms with Crippen LogP contribution >= 0.6 is 0 Å². The summed E-state index contributed by atoms with van der Waals surface area (Å²) in [5.41, 5.74) is 3.22. The summed E-state index contributed by atoms with van der Waals surface area (Å²) >= 11 is 0. The van der Waals surface area contributed by atoms with Gasteiger partial charge in [0.05, 0.1) is 0 Å². The highest BCUT2D eigenvalue weighted by molar-refractivity contribution is 6.03. The molecule has 25 heavy (non-hydrogen) atoms. The van der Waals surface area contributed by atoms with E-state index in [1.54, 1.807) is 24.3 Å². The average molecular weight is 339 g/mol. The Hall–Kier alpha value is -3.15. The average Bonchev–Trinajstić information content (AvgIpc) is 2.54. The highest BCUT2D eigenvalue weighted by atomic mass is 16.2. The molecular weight excluding hydrogens is 318 g/mol. The molecule has 2 aromatic rings. The Balaban J connectivity index is 1.82. The molecule has 0 aromatic heterocycles. The molecule has 0 heterocycles. The van der Waals surface area contributed by atoms with E-state index in [9.17, 15) is 14.4 Å². The van der Waals surface area contributed by atoms with Crippen LogP contribution in [0.2, 0.25) is 0 Å². The van der Waals surface area contributed by atoms with Gasteiger partial charge >= 0.3 is 0 Å². The Kier molecular flexibility index (Phi) is 6.28. The lowest BCUT2D eigenvalue weighted by Gasteiger charge is -2.08. The molecule has 0 unspecified atom stereocenters. The van der Waals surface area contributed by atoms with Crippen molar-refractivity contribution in [2.24, 2.45) is 0 Å². The summed E-state index contributed by atoms with van der Waals surface area (Å²) < 4.78 is 0. The summed E-state index contributed by atoms with van der Waals surface area (Å²) in [6, 6.07) is 14.5. The maximum Gasteiger partial charge on any atom is 0.233 e. The van der Waals surface area contributed by atoms with Gasteiger partial charge in [-0.25, -0.2) is 0 Å². The van der Waals surface area contributed by atoms with Crippen molar-refractivity contribution < 1.29 is 14.4 Å². The molecule has 0 aliphatic carbocycles. The number of amides is 3. The van der Waals surface area contributed by atoms with Crippen LogP contribution in [0.4, 0.5) is 11.4 Å². The molecule has 3 N–H and O–H groups in total. The van der Waals surface area contributed by atoms with Crippen LogP contribution < -0.4 is 16.0 Å². The summed E-state index contributed by atoms with van der Waals surface area (Å²) in [5, 5.41) is 7.99. The second-order valence-electron chi connectivity index (χ2n) is 5.75. The lowest BCUT2D eigenvalue weighted by Crippen LogP contribution is -2.27. The van der Waals surface area contributed by atoms with Crippen molar-refractivity contribution in [1.29, 1.82) is 0 Å². The van der Waals surface area contributed by atoms with Gasteiger partial charge in [0.15, 0.2) is 0 Å². The van der Waals surface area contributed by atoms with Crippen LogP contribution in [0.25, 0.3) is 0 Å². The zero-order valence-corrected chi connectivity index (χ0v) is 14.3. The number of carbonyl (C=O) groups excluding carboxylic acids is 3. The van der Waals surface area contributed by atoms with Gasteiger partial charge in [-0.05, 0) is 30.7 Å².